The van der Waals surface area contributed by atoms with Crippen molar-refractivity contribution in [2.45, 2.75) is 24.5 Å². The maximum Gasteiger partial charge on any atom is 0.262 e. The maximum atomic E-state index is 13.1. The Morgan fingerprint density at radius 3 is 2.13 bits per heavy atom. The van der Waals surface area contributed by atoms with Crippen molar-refractivity contribution in [1.82, 2.24) is 0 Å². The van der Waals surface area contributed by atoms with E-state index in [0.717, 1.165) is 16.6 Å². The highest BCUT2D eigenvalue weighted by Crippen LogP contribution is 2.31. The second-order valence-corrected chi connectivity index (χ2v) is 14.4. The Balaban J connectivity index is 1.91. The van der Waals surface area contributed by atoms with Crippen LogP contribution in [0.5, 0.6) is 0 Å². The minimum absolute atomic E-state index is 0.249. The number of hydrogen-bond acceptors (Lipinski definition) is 4. The Labute approximate surface area is 180 Å². The average molecular weight is 441 g/mol. The number of sulfonamides is 1. The molecule has 3 aromatic carbocycles. The number of anilines is 2. The Kier molecular flexibility index (Phi) is 5.96. The lowest BCUT2D eigenvalue weighted by molar-refractivity contribution is 0.516. The third-order valence-corrected chi connectivity index (χ3v) is 6.82. The summed E-state index contributed by atoms with van der Waals surface area (Å²) in [6.45, 7) is 10.3. The van der Waals surface area contributed by atoms with Crippen LogP contribution < -0.4 is 9.62 Å². The summed E-state index contributed by atoms with van der Waals surface area (Å²) in [5, 5.41) is 1.57. The highest BCUT2D eigenvalue weighted by atomic mass is 32.2. The van der Waals surface area contributed by atoms with Gasteiger partial charge in [0.05, 0.1) is 4.90 Å². The van der Waals surface area contributed by atoms with Gasteiger partial charge in [-0.05, 0) is 56.0 Å². The minimum atomic E-state index is -3.76. The molecular weight excluding hydrogens is 412 g/mol. The predicted octanol–water partition coefficient (Wildman–Crippen LogP) is 5.53. The third-order valence-electron chi connectivity index (χ3n) is 4.52. The molecule has 0 aliphatic carbocycles. The molecule has 0 amide bonds. The zero-order valence-electron chi connectivity index (χ0n) is 18.1. The molecule has 158 valence electrons. The number of rotatable bonds is 7. The second-order valence-electron chi connectivity index (χ2n) is 8.34. The molecule has 0 spiro atoms. The SMILES string of the molecule is C=C(O[Si](C)(C)C)c1ccc(NS(=O)(=O)c2cccc3c(N(C)C)cccc23)cc1. The first kappa shape index (κ1) is 21.9. The summed E-state index contributed by atoms with van der Waals surface area (Å²) < 4.78 is 34.9. The molecule has 1 N–H and O–H groups in total. The fourth-order valence-electron chi connectivity index (χ4n) is 3.25. The molecule has 0 aliphatic rings. The van der Waals surface area contributed by atoms with Gasteiger partial charge in [0.1, 0.15) is 5.76 Å². The zero-order chi connectivity index (χ0) is 22.1. The van der Waals surface area contributed by atoms with Gasteiger partial charge in [-0.25, -0.2) is 8.42 Å². The van der Waals surface area contributed by atoms with E-state index in [4.69, 9.17) is 4.43 Å². The third kappa shape index (κ3) is 4.85. The Bertz CT molecular complexity index is 1180. The minimum Gasteiger partial charge on any atom is -0.544 e. The van der Waals surface area contributed by atoms with E-state index in [2.05, 4.69) is 30.9 Å². The Hall–Kier alpha value is -2.77. The van der Waals surface area contributed by atoms with Gasteiger partial charge < -0.3 is 9.33 Å². The number of hydrogen-bond donors (Lipinski definition) is 1. The van der Waals surface area contributed by atoms with E-state index in [9.17, 15) is 8.42 Å². The van der Waals surface area contributed by atoms with Crippen molar-refractivity contribution in [3.8, 4) is 0 Å². The number of nitrogens with one attached hydrogen (secondary N) is 1. The molecule has 30 heavy (non-hydrogen) atoms. The number of fused-ring (bicyclic) bond motifs is 1. The summed E-state index contributed by atoms with van der Waals surface area (Å²) >= 11 is 0. The molecule has 3 aromatic rings. The molecule has 0 unspecified atom stereocenters. The fourth-order valence-corrected chi connectivity index (χ4v) is 5.39. The molecule has 0 atom stereocenters. The lowest BCUT2D eigenvalue weighted by atomic mass is 10.1. The van der Waals surface area contributed by atoms with E-state index in [1.807, 2.05) is 55.4 Å². The van der Waals surface area contributed by atoms with Gasteiger partial charge in [-0.2, -0.15) is 0 Å². The summed E-state index contributed by atoms with van der Waals surface area (Å²) in [7, 11) is -1.63. The lowest BCUT2D eigenvalue weighted by Crippen LogP contribution is -2.24. The van der Waals surface area contributed by atoms with Gasteiger partial charge in [0.15, 0.2) is 0 Å². The van der Waals surface area contributed by atoms with Crippen molar-refractivity contribution in [3.63, 3.8) is 0 Å². The second kappa shape index (κ2) is 8.16. The van der Waals surface area contributed by atoms with E-state index in [1.165, 1.54) is 0 Å². The zero-order valence-corrected chi connectivity index (χ0v) is 19.9. The molecular formula is C23H28N2O3SSi. The van der Waals surface area contributed by atoms with Crippen molar-refractivity contribution >= 4 is 46.2 Å². The van der Waals surface area contributed by atoms with E-state index in [0.29, 0.717) is 16.8 Å². The van der Waals surface area contributed by atoms with Crippen LogP contribution in [0, 0.1) is 0 Å². The van der Waals surface area contributed by atoms with Crippen LogP contribution in [0.3, 0.4) is 0 Å². The number of nitrogens with zero attached hydrogens (tertiary/aromatic N) is 1. The molecule has 5 nitrogen and oxygen atoms in total. The summed E-state index contributed by atoms with van der Waals surface area (Å²) in [5.74, 6) is 0.605. The van der Waals surface area contributed by atoms with Crippen LogP contribution in [0.25, 0.3) is 16.5 Å². The quantitative estimate of drug-likeness (QED) is 0.388. The molecule has 0 fully saturated rings. The van der Waals surface area contributed by atoms with Crippen molar-refractivity contribution in [1.29, 1.82) is 0 Å². The van der Waals surface area contributed by atoms with Gasteiger partial charge in [-0.3, -0.25) is 4.72 Å². The van der Waals surface area contributed by atoms with Gasteiger partial charge in [-0.1, -0.05) is 30.8 Å². The summed E-state index contributed by atoms with van der Waals surface area (Å²) in [4.78, 5) is 2.22. The van der Waals surface area contributed by atoms with Gasteiger partial charge in [0, 0.05) is 41.8 Å². The molecule has 0 aliphatic heterocycles. The fraction of sp³-hybridized carbons (Fsp3) is 0.217. The monoisotopic (exact) mass is 440 g/mol. The summed E-state index contributed by atoms with van der Waals surface area (Å²) in [6.07, 6.45) is 0. The van der Waals surface area contributed by atoms with Gasteiger partial charge in [-0.15, -0.1) is 0 Å². The van der Waals surface area contributed by atoms with E-state index < -0.39 is 18.3 Å². The molecule has 0 saturated heterocycles. The van der Waals surface area contributed by atoms with Crippen molar-refractivity contribution < 1.29 is 12.8 Å². The highest BCUT2D eigenvalue weighted by Gasteiger charge is 2.20. The topological polar surface area (TPSA) is 58.6 Å². The van der Waals surface area contributed by atoms with Crippen LogP contribution in [0.15, 0.2) is 72.1 Å². The van der Waals surface area contributed by atoms with Gasteiger partial charge in [0.2, 0.25) is 8.32 Å². The van der Waals surface area contributed by atoms with Crippen LogP contribution in [0.1, 0.15) is 5.56 Å². The maximum absolute atomic E-state index is 13.1. The van der Waals surface area contributed by atoms with E-state index in [-0.39, 0.29) is 4.90 Å². The predicted molar refractivity (Wildman–Crippen MR) is 129 cm³/mol. The highest BCUT2D eigenvalue weighted by molar-refractivity contribution is 7.93. The van der Waals surface area contributed by atoms with Crippen LogP contribution in [0.4, 0.5) is 11.4 Å². The van der Waals surface area contributed by atoms with Crippen LogP contribution in [-0.4, -0.2) is 30.8 Å². The smallest absolute Gasteiger partial charge is 0.262 e. The van der Waals surface area contributed by atoms with Crippen molar-refractivity contribution in [2.24, 2.45) is 0 Å². The molecule has 0 radical (unpaired) electrons. The standard InChI is InChI=1S/C23H28N2O3SSi/c1-17(28-30(4,5)6)18-13-15-19(16-14-18)24-29(26,27)23-12-8-9-20-21(23)10-7-11-22(20)25(2)3/h7-16,24H,1H2,2-6H3. The van der Waals surface area contributed by atoms with Crippen LogP contribution in [-0.2, 0) is 14.4 Å². The van der Waals surface area contributed by atoms with Gasteiger partial charge in [0.25, 0.3) is 10.0 Å². The van der Waals surface area contributed by atoms with Crippen LogP contribution >= 0.6 is 0 Å². The average Bonchev–Trinajstić information content (AvgIpc) is 2.65. The first-order valence-corrected chi connectivity index (χ1v) is 14.6. The van der Waals surface area contributed by atoms with Gasteiger partial charge >= 0.3 is 0 Å². The summed E-state index contributed by atoms with van der Waals surface area (Å²) in [5.41, 5.74) is 2.29. The molecule has 0 heterocycles. The molecule has 7 heteroatoms. The largest absolute Gasteiger partial charge is 0.544 e. The van der Waals surface area contributed by atoms with E-state index in [1.54, 1.807) is 24.3 Å². The number of benzene rings is 3. The molecule has 0 bridgehead atoms. The van der Waals surface area contributed by atoms with Crippen LogP contribution in [0.2, 0.25) is 19.6 Å². The molecule has 0 aromatic heterocycles. The first-order chi connectivity index (χ1) is 14.0. The summed E-state index contributed by atoms with van der Waals surface area (Å²) in [6, 6.07) is 18.1. The first-order valence-electron chi connectivity index (χ1n) is 9.68. The molecule has 0 saturated carbocycles. The normalized spacial score (nSPS) is 11.9. The molecule has 3 rings (SSSR count). The van der Waals surface area contributed by atoms with Crippen molar-refractivity contribution in [3.05, 3.63) is 72.8 Å². The van der Waals surface area contributed by atoms with Crippen molar-refractivity contribution in [2.75, 3.05) is 23.7 Å². The Morgan fingerprint density at radius 1 is 0.933 bits per heavy atom. The Morgan fingerprint density at radius 2 is 1.53 bits per heavy atom. The van der Waals surface area contributed by atoms with E-state index >= 15 is 0 Å². The lowest BCUT2D eigenvalue weighted by Gasteiger charge is -2.21.